The Bertz CT molecular complexity index is 302. The lowest BCUT2D eigenvalue weighted by Crippen LogP contribution is -2.19. The molecule has 0 saturated heterocycles. The molecule has 1 aromatic rings. The van der Waals surface area contributed by atoms with Crippen LogP contribution < -0.4 is 4.90 Å². The number of anilines is 1. The standard InChI is InChI=1S/C10H11N.C2H4/c1-11-8-4-6-9-5-2-3-7-10(9)11;1-2/h2-7H,8H2,1H3;1-2H2. The van der Waals surface area contributed by atoms with Gasteiger partial charge in [0.1, 0.15) is 0 Å². The average molecular weight is 173 g/mol. The molecule has 1 nitrogen and oxygen atoms in total. The van der Waals surface area contributed by atoms with Crippen LogP contribution in [0.5, 0.6) is 0 Å². The molecule has 0 atom stereocenters. The smallest absolute Gasteiger partial charge is 0.0439 e. The summed E-state index contributed by atoms with van der Waals surface area (Å²) in [4.78, 5) is 2.25. The summed E-state index contributed by atoms with van der Waals surface area (Å²) in [6.45, 7) is 7.02. The maximum absolute atomic E-state index is 3.00. The predicted octanol–water partition coefficient (Wildman–Crippen LogP) is 2.95. The first-order chi connectivity index (χ1) is 6.38. The van der Waals surface area contributed by atoms with E-state index in [1.165, 1.54) is 11.3 Å². The van der Waals surface area contributed by atoms with Crippen molar-refractivity contribution in [2.24, 2.45) is 0 Å². The summed E-state index contributed by atoms with van der Waals surface area (Å²) in [5.74, 6) is 0. The van der Waals surface area contributed by atoms with E-state index >= 15 is 0 Å². The number of benzene rings is 1. The predicted molar refractivity (Wildman–Crippen MR) is 60.0 cm³/mol. The second kappa shape index (κ2) is 4.51. The molecule has 68 valence electrons. The zero-order valence-electron chi connectivity index (χ0n) is 8.03. The Hall–Kier alpha value is -1.50. The lowest BCUT2D eigenvalue weighted by atomic mass is 10.1. The number of para-hydroxylation sites is 1. The Morgan fingerprint density at radius 2 is 1.92 bits per heavy atom. The van der Waals surface area contributed by atoms with E-state index < -0.39 is 0 Å². The normalized spacial score (nSPS) is 12.8. The van der Waals surface area contributed by atoms with Gasteiger partial charge >= 0.3 is 0 Å². The average Bonchev–Trinajstić information content (AvgIpc) is 2.22. The first-order valence-corrected chi connectivity index (χ1v) is 4.34. The van der Waals surface area contributed by atoms with Gasteiger partial charge in [-0.25, -0.2) is 0 Å². The first kappa shape index (κ1) is 9.59. The quantitative estimate of drug-likeness (QED) is 0.545. The van der Waals surface area contributed by atoms with Gasteiger partial charge in [0.2, 0.25) is 0 Å². The SMILES string of the molecule is C=C.CN1CC=Cc2ccccc21. The van der Waals surface area contributed by atoms with E-state index in [9.17, 15) is 0 Å². The number of hydrogen-bond donors (Lipinski definition) is 0. The molecule has 2 rings (SSSR count). The van der Waals surface area contributed by atoms with Gasteiger partial charge in [-0.1, -0.05) is 30.4 Å². The van der Waals surface area contributed by atoms with Gasteiger partial charge in [-0.2, -0.15) is 0 Å². The molecule has 0 N–H and O–H groups in total. The highest BCUT2D eigenvalue weighted by molar-refractivity contribution is 5.70. The van der Waals surface area contributed by atoms with Crippen LogP contribution in [0.2, 0.25) is 0 Å². The molecule has 0 bridgehead atoms. The molecule has 0 fully saturated rings. The molecule has 0 saturated carbocycles. The highest BCUT2D eigenvalue weighted by Gasteiger charge is 2.06. The molecule has 1 heteroatoms. The molecule has 1 aliphatic heterocycles. The molecule has 0 spiro atoms. The summed E-state index contributed by atoms with van der Waals surface area (Å²) in [6.07, 6.45) is 4.36. The zero-order chi connectivity index (χ0) is 9.68. The lowest BCUT2D eigenvalue weighted by molar-refractivity contribution is 1.02. The third-order valence-corrected chi connectivity index (χ3v) is 2.02. The van der Waals surface area contributed by atoms with E-state index in [1.54, 1.807) is 0 Å². The molecule has 1 aliphatic rings. The van der Waals surface area contributed by atoms with Crippen molar-refractivity contribution in [1.82, 2.24) is 0 Å². The van der Waals surface area contributed by atoms with Gasteiger partial charge in [-0.3, -0.25) is 0 Å². The largest absolute Gasteiger partial charge is 0.370 e. The fourth-order valence-corrected chi connectivity index (χ4v) is 1.41. The minimum Gasteiger partial charge on any atom is -0.370 e. The molecule has 0 amide bonds. The fraction of sp³-hybridized carbons (Fsp3) is 0.167. The third kappa shape index (κ3) is 2.00. The lowest BCUT2D eigenvalue weighted by Gasteiger charge is -2.22. The topological polar surface area (TPSA) is 3.24 Å². The van der Waals surface area contributed by atoms with Crippen LogP contribution in [0.15, 0.2) is 43.5 Å². The van der Waals surface area contributed by atoms with Crippen molar-refractivity contribution in [3.05, 3.63) is 49.1 Å². The summed E-state index contributed by atoms with van der Waals surface area (Å²) in [5.41, 5.74) is 2.65. The van der Waals surface area contributed by atoms with E-state index in [-0.39, 0.29) is 0 Å². The highest BCUT2D eigenvalue weighted by Crippen LogP contribution is 2.23. The Morgan fingerprint density at radius 1 is 1.23 bits per heavy atom. The van der Waals surface area contributed by atoms with Crippen LogP contribution in [0, 0.1) is 0 Å². The van der Waals surface area contributed by atoms with E-state index in [0.717, 1.165) is 6.54 Å². The van der Waals surface area contributed by atoms with E-state index in [2.05, 4.69) is 61.5 Å². The van der Waals surface area contributed by atoms with Crippen LogP contribution in [-0.2, 0) is 0 Å². The maximum atomic E-state index is 3.00. The van der Waals surface area contributed by atoms with Crippen LogP contribution in [0.3, 0.4) is 0 Å². The summed E-state index contributed by atoms with van der Waals surface area (Å²) >= 11 is 0. The minimum atomic E-state index is 1.02. The molecule has 0 aromatic heterocycles. The van der Waals surface area contributed by atoms with Crippen molar-refractivity contribution in [1.29, 1.82) is 0 Å². The van der Waals surface area contributed by atoms with Crippen molar-refractivity contribution >= 4 is 11.8 Å². The van der Waals surface area contributed by atoms with E-state index in [0.29, 0.717) is 0 Å². The summed E-state index contributed by atoms with van der Waals surface area (Å²) in [6, 6.07) is 8.44. The van der Waals surface area contributed by atoms with Gasteiger partial charge in [-0.05, 0) is 11.6 Å². The molecule has 1 aromatic carbocycles. The van der Waals surface area contributed by atoms with Crippen LogP contribution >= 0.6 is 0 Å². The summed E-state index contributed by atoms with van der Waals surface area (Å²) < 4.78 is 0. The number of likely N-dealkylation sites (N-methyl/N-ethyl adjacent to an activating group) is 1. The van der Waals surface area contributed by atoms with Crippen molar-refractivity contribution in [2.75, 3.05) is 18.5 Å². The Morgan fingerprint density at radius 3 is 2.62 bits per heavy atom. The second-order valence-electron chi connectivity index (χ2n) is 2.84. The van der Waals surface area contributed by atoms with Crippen molar-refractivity contribution in [3.8, 4) is 0 Å². The molecular weight excluding hydrogens is 158 g/mol. The van der Waals surface area contributed by atoms with Crippen molar-refractivity contribution in [3.63, 3.8) is 0 Å². The second-order valence-corrected chi connectivity index (χ2v) is 2.84. The molecule has 0 unspecified atom stereocenters. The third-order valence-electron chi connectivity index (χ3n) is 2.02. The Kier molecular flexibility index (Phi) is 3.32. The Balaban J connectivity index is 0.000000396. The van der Waals surface area contributed by atoms with Crippen molar-refractivity contribution < 1.29 is 0 Å². The molecule has 13 heavy (non-hydrogen) atoms. The monoisotopic (exact) mass is 173 g/mol. The van der Waals surface area contributed by atoms with Gasteiger partial charge in [-0.15, -0.1) is 13.2 Å². The number of fused-ring (bicyclic) bond motifs is 1. The fourth-order valence-electron chi connectivity index (χ4n) is 1.41. The number of hydrogen-bond acceptors (Lipinski definition) is 1. The van der Waals surface area contributed by atoms with E-state index in [4.69, 9.17) is 0 Å². The van der Waals surface area contributed by atoms with Crippen LogP contribution in [-0.4, -0.2) is 13.6 Å². The molecule has 0 radical (unpaired) electrons. The maximum Gasteiger partial charge on any atom is 0.0439 e. The van der Waals surface area contributed by atoms with Gasteiger partial charge in [0.05, 0.1) is 0 Å². The van der Waals surface area contributed by atoms with E-state index in [1.807, 2.05) is 0 Å². The van der Waals surface area contributed by atoms with Crippen LogP contribution in [0.1, 0.15) is 5.56 Å². The minimum absolute atomic E-state index is 1.02. The molecular formula is C12H15N. The Labute approximate surface area is 80.0 Å². The zero-order valence-corrected chi connectivity index (χ0v) is 8.03. The van der Waals surface area contributed by atoms with Gasteiger partial charge in [0.25, 0.3) is 0 Å². The molecule has 0 aliphatic carbocycles. The number of nitrogens with zero attached hydrogens (tertiary/aromatic N) is 1. The first-order valence-electron chi connectivity index (χ1n) is 4.34. The van der Waals surface area contributed by atoms with Gasteiger partial charge < -0.3 is 4.90 Å². The van der Waals surface area contributed by atoms with Crippen LogP contribution in [0.4, 0.5) is 5.69 Å². The summed E-state index contributed by atoms with van der Waals surface area (Å²) in [7, 11) is 2.11. The van der Waals surface area contributed by atoms with Gasteiger partial charge in [0.15, 0.2) is 0 Å². The van der Waals surface area contributed by atoms with Crippen molar-refractivity contribution in [2.45, 2.75) is 0 Å². The summed E-state index contributed by atoms with van der Waals surface area (Å²) in [5, 5.41) is 0. The number of rotatable bonds is 0. The highest BCUT2D eigenvalue weighted by atomic mass is 15.1. The van der Waals surface area contributed by atoms with Crippen LogP contribution in [0.25, 0.3) is 6.08 Å². The van der Waals surface area contributed by atoms with Gasteiger partial charge in [0, 0.05) is 19.3 Å². The molecule has 1 heterocycles.